The predicted octanol–water partition coefficient (Wildman–Crippen LogP) is 0.678. The van der Waals surface area contributed by atoms with Crippen molar-refractivity contribution in [2.45, 2.75) is 31.1 Å². The molecular weight excluding hydrogens is 237 g/mol. The lowest BCUT2D eigenvalue weighted by Crippen LogP contribution is -2.47. The molecule has 0 spiro atoms. The van der Waals surface area contributed by atoms with Crippen LogP contribution in [0.15, 0.2) is 24.3 Å². The van der Waals surface area contributed by atoms with Gasteiger partial charge in [0.25, 0.3) is 0 Å². The number of para-hydroxylation sites is 1. The van der Waals surface area contributed by atoms with Crippen LogP contribution in [0.5, 0.6) is 5.75 Å². The summed E-state index contributed by atoms with van der Waals surface area (Å²) in [5.74, 6) is -0.282. The highest BCUT2D eigenvalue weighted by Crippen LogP contribution is 2.19. The van der Waals surface area contributed by atoms with E-state index < -0.39 is 11.9 Å². The minimum absolute atomic E-state index is 0.0448. The number of nitrogens with one attached hydrogen (secondary N) is 1. The van der Waals surface area contributed by atoms with E-state index in [1.165, 1.54) is 12.1 Å². The fraction of sp³-hybridized carbons (Fsp3) is 0.538. The molecule has 1 aliphatic carbocycles. The first-order valence-corrected chi connectivity index (χ1v) is 6.12. The van der Waals surface area contributed by atoms with E-state index >= 15 is 0 Å². The molecule has 0 aromatic heterocycles. The lowest BCUT2D eigenvalue weighted by molar-refractivity contribution is 0.0484. The molecule has 1 aliphatic rings. The second kappa shape index (κ2) is 6.13. The Morgan fingerprint density at radius 3 is 2.78 bits per heavy atom. The molecule has 1 saturated carbocycles. The number of hydrogen-bond donors (Lipinski definition) is 3. The van der Waals surface area contributed by atoms with Gasteiger partial charge in [-0.2, -0.15) is 0 Å². The zero-order chi connectivity index (χ0) is 13.0. The van der Waals surface area contributed by atoms with Gasteiger partial charge in [0.1, 0.15) is 12.7 Å². The normalized spacial score (nSPS) is 24.4. The third-order valence-electron chi connectivity index (χ3n) is 3.02. The van der Waals surface area contributed by atoms with E-state index in [4.69, 9.17) is 9.84 Å². The van der Waals surface area contributed by atoms with Crippen molar-refractivity contribution < 1.29 is 19.3 Å². The van der Waals surface area contributed by atoms with Crippen molar-refractivity contribution in [3.63, 3.8) is 0 Å². The quantitative estimate of drug-likeness (QED) is 0.699. The van der Waals surface area contributed by atoms with Crippen molar-refractivity contribution in [2.24, 2.45) is 0 Å². The summed E-state index contributed by atoms with van der Waals surface area (Å²) in [4.78, 5) is 0. The Bertz CT molecular complexity index is 382. The van der Waals surface area contributed by atoms with Gasteiger partial charge in [0, 0.05) is 12.6 Å². The van der Waals surface area contributed by atoms with Gasteiger partial charge in [-0.15, -0.1) is 0 Å². The molecule has 2 rings (SSSR count). The molecule has 4 nitrogen and oxygen atoms in total. The Balaban J connectivity index is 1.65. The minimum Gasteiger partial charge on any atom is -0.488 e. The van der Waals surface area contributed by atoms with Crippen LogP contribution in [0.3, 0.4) is 0 Å². The predicted molar refractivity (Wildman–Crippen MR) is 64.9 cm³/mol. The Kier molecular flexibility index (Phi) is 4.52. The van der Waals surface area contributed by atoms with Crippen LogP contribution in [0.1, 0.15) is 12.8 Å². The van der Waals surface area contributed by atoms with E-state index in [9.17, 15) is 9.50 Å². The zero-order valence-electron chi connectivity index (χ0n) is 10.1. The van der Waals surface area contributed by atoms with Crippen LogP contribution in [0.4, 0.5) is 4.39 Å². The Hall–Kier alpha value is -1.17. The van der Waals surface area contributed by atoms with Gasteiger partial charge in [0.15, 0.2) is 11.6 Å². The van der Waals surface area contributed by atoms with Crippen molar-refractivity contribution in [3.8, 4) is 5.75 Å². The number of rotatable bonds is 6. The summed E-state index contributed by atoms with van der Waals surface area (Å²) in [6, 6.07) is 6.37. The first-order chi connectivity index (χ1) is 8.65. The second-order valence-corrected chi connectivity index (χ2v) is 4.63. The third kappa shape index (κ3) is 3.66. The number of aliphatic hydroxyl groups is 2. The van der Waals surface area contributed by atoms with Crippen LogP contribution in [-0.4, -0.2) is 41.6 Å². The van der Waals surface area contributed by atoms with Gasteiger partial charge in [-0.1, -0.05) is 12.1 Å². The van der Waals surface area contributed by atoms with Gasteiger partial charge in [-0.05, 0) is 25.0 Å². The van der Waals surface area contributed by atoms with Crippen LogP contribution < -0.4 is 10.1 Å². The monoisotopic (exact) mass is 255 g/mol. The molecule has 0 saturated heterocycles. The summed E-state index contributed by atoms with van der Waals surface area (Å²) in [5.41, 5.74) is 0. The number of aliphatic hydroxyl groups excluding tert-OH is 2. The van der Waals surface area contributed by atoms with E-state index in [2.05, 4.69) is 5.32 Å². The average molecular weight is 255 g/mol. The SMILES string of the molecule is OC(CNC1CC(O)C1)COc1ccccc1F. The molecule has 1 atom stereocenters. The molecule has 0 radical (unpaired) electrons. The van der Waals surface area contributed by atoms with Gasteiger partial charge in [-0.25, -0.2) is 4.39 Å². The highest BCUT2D eigenvalue weighted by atomic mass is 19.1. The van der Waals surface area contributed by atoms with Crippen LogP contribution in [0.25, 0.3) is 0 Å². The van der Waals surface area contributed by atoms with Gasteiger partial charge in [0.2, 0.25) is 0 Å². The zero-order valence-corrected chi connectivity index (χ0v) is 10.1. The first kappa shape index (κ1) is 13.3. The van der Waals surface area contributed by atoms with Crippen molar-refractivity contribution in [2.75, 3.05) is 13.2 Å². The lowest BCUT2D eigenvalue weighted by atomic mass is 9.89. The van der Waals surface area contributed by atoms with Crippen molar-refractivity contribution in [3.05, 3.63) is 30.1 Å². The highest BCUT2D eigenvalue weighted by Gasteiger charge is 2.26. The molecule has 5 heteroatoms. The van der Waals surface area contributed by atoms with Gasteiger partial charge in [-0.3, -0.25) is 0 Å². The van der Waals surface area contributed by atoms with Crippen molar-refractivity contribution in [1.82, 2.24) is 5.32 Å². The molecule has 1 aromatic carbocycles. The summed E-state index contributed by atoms with van der Waals surface area (Å²) in [6.07, 6.45) is 0.540. The van der Waals surface area contributed by atoms with E-state index in [0.717, 1.165) is 12.8 Å². The third-order valence-corrected chi connectivity index (χ3v) is 3.02. The molecule has 0 heterocycles. The molecule has 100 valence electrons. The number of benzene rings is 1. The van der Waals surface area contributed by atoms with Crippen molar-refractivity contribution in [1.29, 1.82) is 0 Å². The fourth-order valence-corrected chi connectivity index (χ4v) is 1.86. The van der Waals surface area contributed by atoms with Gasteiger partial charge < -0.3 is 20.3 Å². The molecule has 1 aromatic rings. The summed E-state index contributed by atoms with van der Waals surface area (Å²) in [5, 5.41) is 21.9. The van der Waals surface area contributed by atoms with Gasteiger partial charge in [0.05, 0.1) is 6.10 Å². The second-order valence-electron chi connectivity index (χ2n) is 4.63. The van der Waals surface area contributed by atoms with Crippen LogP contribution in [0.2, 0.25) is 0 Å². The molecular formula is C13H18FNO3. The molecule has 1 fully saturated rings. The Labute approximate surface area is 105 Å². The van der Waals surface area contributed by atoms with E-state index in [1.807, 2.05) is 0 Å². The van der Waals surface area contributed by atoms with E-state index in [0.29, 0.717) is 6.54 Å². The average Bonchev–Trinajstić information content (AvgIpc) is 2.32. The molecule has 3 N–H and O–H groups in total. The molecule has 0 amide bonds. The fourth-order valence-electron chi connectivity index (χ4n) is 1.86. The van der Waals surface area contributed by atoms with Crippen molar-refractivity contribution >= 4 is 0 Å². The van der Waals surface area contributed by atoms with E-state index in [-0.39, 0.29) is 24.5 Å². The topological polar surface area (TPSA) is 61.7 Å². The Morgan fingerprint density at radius 1 is 1.39 bits per heavy atom. The molecule has 0 bridgehead atoms. The maximum atomic E-state index is 13.2. The van der Waals surface area contributed by atoms with E-state index in [1.54, 1.807) is 12.1 Å². The first-order valence-electron chi connectivity index (χ1n) is 6.12. The number of halogens is 1. The highest BCUT2D eigenvalue weighted by molar-refractivity contribution is 5.23. The summed E-state index contributed by atoms with van der Waals surface area (Å²) >= 11 is 0. The Morgan fingerprint density at radius 2 is 2.11 bits per heavy atom. The minimum atomic E-state index is -0.692. The summed E-state index contributed by atoms with van der Waals surface area (Å²) < 4.78 is 18.4. The number of ether oxygens (including phenoxy) is 1. The largest absolute Gasteiger partial charge is 0.488 e. The summed E-state index contributed by atoms with van der Waals surface area (Å²) in [6.45, 7) is 0.426. The maximum Gasteiger partial charge on any atom is 0.165 e. The van der Waals surface area contributed by atoms with Crippen LogP contribution in [0, 0.1) is 5.82 Å². The van der Waals surface area contributed by atoms with Crippen LogP contribution >= 0.6 is 0 Å². The molecule has 1 unspecified atom stereocenters. The standard InChI is InChI=1S/C13H18FNO3/c14-12-3-1-2-4-13(12)18-8-11(17)7-15-9-5-10(16)6-9/h1-4,9-11,15-17H,5-8H2. The smallest absolute Gasteiger partial charge is 0.165 e. The number of hydrogen-bond acceptors (Lipinski definition) is 4. The van der Waals surface area contributed by atoms with Crippen LogP contribution in [-0.2, 0) is 0 Å². The lowest BCUT2D eigenvalue weighted by Gasteiger charge is -2.32. The summed E-state index contributed by atoms with van der Waals surface area (Å²) in [7, 11) is 0. The molecule has 0 aliphatic heterocycles. The van der Waals surface area contributed by atoms with Gasteiger partial charge >= 0.3 is 0 Å². The maximum absolute atomic E-state index is 13.2. The molecule has 18 heavy (non-hydrogen) atoms.